The molecule has 0 unspecified atom stereocenters. The fraction of sp³-hybridized carbons (Fsp3) is 0.538. The van der Waals surface area contributed by atoms with Crippen molar-refractivity contribution in [3.05, 3.63) is 64.2 Å². The molecule has 0 amide bonds. The topological polar surface area (TPSA) is 79.2 Å². The molecule has 5 atom stereocenters. The van der Waals surface area contributed by atoms with Crippen LogP contribution in [0.4, 0.5) is 0 Å². The number of rotatable bonds is 5. The lowest BCUT2D eigenvalue weighted by atomic mass is 9.89. The van der Waals surface area contributed by atoms with Crippen LogP contribution in [0, 0.1) is 0 Å². The van der Waals surface area contributed by atoms with E-state index in [9.17, 15) is 15.3 Å². The molecule has 6 heteroatoms. The summed E-state index contributed by atoms with van der Waals surface area (Å²) >= 11 is 1.34. The van der Waals surface area contributed by atoms with E-state index < -0.39 is 29.9 Å². The van der Waals surface area contributed by atoms with E-state index >= 15 is 0 Å². The van der Waals surface area contributed by atoms with Crippen LogP contribution in [0.2, 0.25) is 0 Å². The highest BCUT2D eigenvalue weighted by atomic mass is 32.2. The van der Waals surface area contributed by atoms with Crippen LogP contribution in [0.25, 0.3) is 0 Å². The summed E-state index contributed by atoms with van der Waals surface area (Å²) < 4.78 is 11.9. The van der Waals surface area contributed by atoms with Crippen LogP contribution in [0.1, 0.15) is 65.5 Å². The van der Waals surface area contributed by atoms with E-state index in [0.29, 0.717) is 5.92 Å². The first-order chi connectivity index (χ1) is 15.5. The average molecular weight is 457 g/mol. The molecular weight excluding hydrogens is 424 g/mol. The van der Waals surface area contributed by atoms with Crippen LogP contribution in [-0.2, 0) is 17.6 Å². The van der Waals surface area contributed by atoms with E-state index in [-0.39, 0.29) is 0 Å². The van der Waals surface area contributed by atoms with E-state index in [4.69, 9.17) is 9.47 Å². The van der Waals surface area contributed by atoms with Crippen molar-refractivity contribution in [1.82, 2.24) is 0 Å². The number of benzene rings is 2. The van der Waals surface area contributed by atoms with Crippen molar-refractivity contribution in [2.75, 3.05) is 12.9 Å². The molecule has 0 aromatic heterocycles. The largest absolute Gasteiger partial charge is 0.493 e. The number of aliphatic hydroxyl groups is 3. The molecule has 172 valence electrons. The summed E-state index contributed by atoms with van der Waals surface area (Å²) in [5.74, 6) is 1.61. The maximum absolute atomic E-state index is 10.6. The van der Waals surface area contributed by atoms with E-state index in [2.05, 4.69) is 30.3 Å². The number of hydrogen-bond acceptors (Lipinski definition) is 6. The maximum atomic E-state index is 10.6. The molecule has 32 heavy (non-hydrogen) atoms. The smallest absolute Gasteiger partial charge is 0.132 e. The Balaban J connectivity index is 1.45. The fourth-order valence-corrected chi connectivity index (χ4v) is 5.64. The molecule has 2 heterocycles. The zero-order valence-electron chi connectivity index (χ0n) is 18.4. The Bertz CT molecular complexity index is 957. The molecular formula is C26H32O5S. The number of ether oxygens (including phenoxy) is 2. The highest BCUT2D eigenvalue weighted by Crippen LogP contribution is 2.44. The predicted molar refractivity (Wildman–Crippen MR) is 125 cm³/mol. The van der Waals surface area contributed by atoms with Crippen molar-refractivity contribution < 1.29 is 24.8 Å². The van der Waals surface area contributed by atoms with Gasteiger partial charge in [0, 0.05) is 0 Å². The van der Waals surface area contributed by atoms with Crippen molar-refractivity contribution in [2.24, 2.45) is 0 Å². The molecule has 2 fully saturated rings. The zero-order valence-corrected chi connectivity index (χ0v) is 19.3. The number of fused-ring (bicyclic) bond motifs is 1. The van der Waals surface area contributed by atoms with Gasteiger partial charge in [-0.05, 0) is 84.6 Å². The van der Waals surface area contributed by atoms with Crippen molar-refractivity contribution in [1.29, 1.82) is 0 Å². The second-order valence-corrected chi connectivity index (χ2v) is 10.2. The molecule has 1 aliphatic carbocycles. The second-order valence-electron chi connectivity index (χ2n) is 9.29. The van der Waals surface area contributed by atoms with Crippen LogP contribution in [0.3, 0.4) is 0 Å². The third-order valence-electron chi connectivity index (χ3n) is 6.93. The molecule has 2 aromatic rings. The summed E-state index contributed by atoms with van der Waals surface area (Å²) in [6.07, 6.45) is 4.20. The van der Waals surface area contributed by atoms with Gasteiger partial charge in [-0.25, -0.2) is 0 Å². The van der Waals surface area contributed by atoms with Gasteiger partial charge in [0.2, 0.25) is 0 Å². The Morgan fingerprint density at radius 1 is 0.969 bits per heavy atom. The number of aliphatic hydroxyl groups excluding tert-OH is 3. The minimum absolute atomic E-state index is 0.575. The minimum atomic E-state index is -1.23. The minimum Gasteiger partial charge on any atom is -0.493 e. The van der Waals surface area contributed by atoms with E-state index in [1.807, 2.05) is 12.3 Å². The Labute approximate surface area is 193 Å². The van der Waals surface area contributed by atoms with Gasteiger partial charge in [-0.15, -0.1) is 11.8 Å². The Hall–Kier alpha value is -1.57. The van der Waals surface area contributed by atoms with Crippen molar-refractivity contribution in [2.45, 2.75) is 74.3 Å². The Kier molecular flexibility index (Phi) is 6.50. The average Bonchev–Trinajstić information content (AvgIpc) is 3.65. The molecule has 5 rings (SSSR count). The lowest BCUT2D eigenvalue weighted by Crippen LogP contribution is -2.52. The van der Waals surface area contributed by atoms with Crippen LogP contribution in [0.5, 0.6) is 5.75 Å². The van der Waals surface area contributed by atoms with Gasteiger partial charge in [0.25, 0.3) is 0 Å². The predicted octanol–water partition coefficient (Wildman–Crippen LogP) is 3.71. The number of aryl methyl sites for hydroxylation is 1. The molecule has 1 saturated carbocycles. The van der Waals surface area contributed by atoms with Gasteiger partial charge in [0.15, 0.2) is 0 Å². The first-order valence-corrected chi connectivity index (χ1v) is 12.9. The van der Waals surface area contributed by atoms with Gasteiger partial charge in [-0.3, -0.25) is 0 Å². The first-order valence-electron chi connectivity index (χ1n) is 11.6. The standard InChI is InChI=1S/C26H32O5S/c1-32-26-24(29)22(27)23(28)25(31-26)18-8-9-20(16-6-7-16)19(14-18)13-15-5-10-21-17(12-15)4-2-3-11-30-21/h5,8-10,12,14,16,22-29H,2-4,6-7,11,13H2,1H3/t22-,23-,24+,25+,26-/m1/s1. The van der Waals surface area contributed by atoms with Gasteiger partial charge in [-0.2, -0.15) is 0 Å². The van der Waals surface area contributed by atoms with Gasteiger partial charge in [0.05, 0.1) is 6.61 Å². The summed E-state index contributed by atoms with van der Waals surface area (Å²) in [6.45, 7) is 0.793. The van der Waals surface area contributed by atoms with Crippen LogP contribution >= 0.6 is 11.8 Å². The molecule has 0 bridgehead atoms. The van der Waals surface area contributed by atoms with Crippen molar-refractivity contribution in [3.63, 3.8) is 0 Å². The lowest BCUT2D eigenvalue weighted by molar-refractivity contribution is -0.200. The number of hydrogen-bond donors (Lipinski definition) is 3. The second kappa shape index (κ2) is 9.35. The maximum Gasteiger partial charge on any atom is 0.132 e. The molecule has 1 saturated heterocycles. The Morgan fingerprint density at radius 3 is 2.59 bits per heavy atom. The molecule has 2 aliphatic heterocycles. The highest BCUT2D eigenvalue weighted by Gasteiger charge is 2.44. The van der Waals surface area contributed by atoms with Crippen molar-refractivity contribution >= 4 is 11.8 Å². The van der Waals surface area contributed by atoms with E-state index in [1.165, 1.54) is 46.9 Å². The molecule has 3 N–H and O–H groups in total. The van der Waals surface area contributed by atoms with Gasteiger partial charge in [-0.1, -0.05) is 30.3 Å². The summed E-state index contributed by atoms with van der Waals surface area (Å²) in [5.41, 5.74) is 5.43. The molecule has 2 aromatic carbocycles. The highest BCUT2D eigenvalue weighted by molar-refractivity contribution is 7.99. The fourth-order valence-electron chi connectivity index (χ4n) is 4.97. The van der Waals surface area contributed by atoms with Crippen LogP contribution in [-0.4, -0.2) is 51.9 Å². The molecule has 0 spiro atoms. The summed E-state index contributed by atoms with van der Waals surface area (Å²) in [4.78, 5) is 0. The van der Waals surface area contributed by atoms with Gasteiger partial charge < -0.3 is 24.8 Å². The zero-order chi connectivity index (χ0) is 22.2. The van der Waals surface area contributed by atoms with E-state index in [1.54, 1.807) is 0 Å². The van der Waals surface area contributed by atoms with Crippen LogP contribution in [0.15, 0.2) is 36.4 Å². The quantitative estimate of drug-likeness (QED) is 0.637. The number of thioether (sulfide) groups is 1. The van der Waals surface area contributed by atoms with Gasteiger partial charge in [0.1, 0.15) is 35.6 Å². The first kappa shape index (κ1) is 22.2. The third kappa shape index (κ3) is 4.44. The van der Waals surface area contributed by atoms with Crippen molar-refractivity contribution in [3.8, 4) is 5.75 Å². The SMILES string of the molecule is CS[C@H]1O[C@@H](c2ccc(C3CC3)c(Cc3ccc4c(c3)CCCCO4)c2)[C@H](O)[C@@H](O)[C@@H]1O. The summed E-state index contributed by atoms with van der Waals surface area (Å²) in [6, 6.07) is 12.8. The molecule has 0 radical (unpaired) electrons. The van der Waals surface area contributed by atoms with Gasteiger partial charge >= 0.3 is 0 Å². The normalized spacial score (nSPS) is 30.3. The monoisotopic (exact) mass is 456 g/mol. The Morgan fingerprint density at radius 2 is 1.81 bits per heavy atom. The summed E-state index contributed by atoms with van der Waals surface area (Å²) in [5, 5.41) is 31.2. The molecule has 5 nitrogen and oxygen atoms in total. The molecule has 3 aliphatic rings. The van der Waals surface area contributed by atoms with Crippen LogP contribution < -0.4 is 4.74 Å². The summed E-state index contributed by atoms with van der Waals surface area (Å²) in [7, 11) is 0. The lowest BCUT2D eigenvalue weighted by Gasteiger charge is -2.40. The third-order valence-corrected chi connectivity index (χ3v) is 7.79. The van der Waals surface area contributed by atoms with E-state index in [0.717, 1.165) is 43.6 Å².